The van der Waals surface area contributed by atoms with Crippen molar-refractivity contribution in [1.82, 2.24) is 5.32 Å². The molecule has 0 radical (unpaired) electrons. The molecule has 1 N–H and O–H groups in total. The summed E-state index contributed by atoms with van der Waals surface area (Å²) in [5.41, 5.74) is 3.30. The molecule has 0 heterocycles. The van der Waals surface area contributed by atoms with Gasteiger partial charge in [-0.05, 0) is 23.6 Å². The molecule has 0 aliphatic heterocycles. The second-order valence-electron chi connectivity index (χ2n) is 4.29. The van der Waals surface area contributed by atoms with E-state index in [1.807, 2.05) is 49.4 Å². The molecule has 0 aromatic heterocycles. The van der Waals surface area contributed by atoms with Crippen LogP contribution >= 0.6 is 0 Å². The van der Waals surface area contributed by atoms with E-state index in [9.17, 15) is 4.79 Å². The maximum absolute atomic E-state index is 11.2. The minimum absolute atomic E-state index is 0.259. The van der Waals surface area contributed by atoms with Crippen LogP contribution in [0.4, 0.5) is 4.79 Å². The Kier molecular flexibility index (Phi) is 4.18. The molecule has 1 amide bonds. The molecule has 0 aliphatic rings. The smallest absolute Gasteiger partial charge is 0.407 e. The average Bonchev–Trinajstić information content (AvgIpc) is 2.48. The third-order valence-corrected chi connectivity index (χ3v) is 2.98. The van der Waals surface area contributed by atoms with Crippen molar-refractivity contribution in [3.8, 4) is 11.1 Å². The molecule has 0 bridgehead atoms. The van der Waals surface area contributed by atoms with Gasteiger partial charge in [-0.3, -0.25) is 0 Å². The van der Waals surface area contributed by atoms with Gasteiger partial charge in [0.25, 0.3) is 0 Å². The van der Waals surface area contributed by atoms with Gasteiger partial charge in [-0.2, -0.15) is 0 Å². The molecule has 0 saturated carbocycles. The van der Waals surface area contributed by atoms with E-state index in [0.29, 0.717) is 0 Å². The number of alkyl carbamates (subject to hydrolysis) is 1. The summed E-state index contributed by atoms with van der Waals surface area (Å²) in [6.07, 6.45) is -0.676. The van der Waals surface area contributed by atoms with Gasteiger partial charge in [0, 0.05) is 7.05 Å². The lowest BCUT2D eigenvalue weighted by Gasteiger charge is -2.13. The molecule has 3 nitrogen and oxygen atoms in total. The van der Waals surface area contributed by atoms with E-state index in [2.05, 4.69) is 17.4 Å². The lowest BCUT2D eigenvalue weighted by molar-refractivity contribution is 0.109. The van der Waals surface area contributed by atoms with Crippen molar-refractivity contribution in [3.05, 3.63) is 60.2 Å². The van der Waals surface area contributed by atoms with Crippen LogP contribution in [0.2, 0.25) is 0 Å². The number of carbonyl (C=O) groups excluding carboxylic acids is 1. The number of carbonyl (C=O) groups is 1. The number of hydrogen-bond acceptors (Lipinski definition) is 2. The van der Waals surface area contributed by atoms with Crippen molar-refractivity contribution in [1.29, 1.82) is 0 Å². The van der Waals surface area contributed by atoms with Gasteiger partial charge in [-0.1, -0.05) is 54.6 Å². The molecule has 3 heteroatoms. The van der Waals surface area contributed by atoms with Crippen LogP contribution in [0.25, 0.3) is 11.1 Å². The number of amides is 1. The topological polar surface area (TPSA) is 38.3 Å². The first kappa shape index (κ1) is 13.1. The number of rotatable bonds is 3. The fraction of sp³-hybridized carbons (Fsp3) is 0.188. The summed E-state index contributed by atoms with van der Waals surface area (Å²) in [6.45, 7) is 1.85. The molecule has 0 aliphatic carbocycles. The maximum Gasteiger partial charge on any atom is 0.407 e. The van der Waals surface area contributed by atoms with E-state index >= 15 is 0 Å². The highest BCUT2D eigenvalue weighted by molar-refractivity contribution is 5.67. The normalized spacial score (nSPS) is 11.7. The highest BCUT2D eigenvalue weighted by Gasteiger charge is 2.10. The Morgan fingerprint density at radius 1 is 1.00 bits per heavy atom. The van der Waals surface area contributed by atoms with Crippen LogP contribution in [0.5, 0.6) is 0 Å². The van der Waals surface area contributed by atoms with Gasteiger partial charge < -0.3 is 10.1 Å². The highest BCUT2D eigenvalue weighted by Crippen LogP contribution is 2.23. The molecule has 19 heavy (non-hydrogen) atoms. The first-order chi connectivity index (χ1) is 9.20. The predicted octanol–water partition coefficient (Wildman–Crippen LogP) is 3.77. The number of benzene rings is 2. The lowest BCUT2D eigenvalue weighted by Crippen LogP contribution is -2.20. The van der Waals surface area contributed by atoms with Crippen molar-refractivity contribution in [2.45, 2.75) is 13.0 Å². The van der Waals surface area contributed by atoms with Gasteiger partial charge in [-0.25, -0.2) is 4.79 Å². The molecule has 1 unspecified atom stereocenters. The van der Waals surface area contributed by atoms with E-state index in [1.54, 1.807) is 7.05 Å². The Bertz CT molecular complexity index is 534. The van der Waals surface area contributed by atoms with Gasteiger partial charge >= 0.3 is 6.09 Å². The predicted molar refractivity (Wildman–Crippen MR) is 75.8 cm³/mol. The van der Waals surface area contributed by atoms with Crippen LogP contribution in [0.1, 0.15) is 18.6 Å². The van der Waals surface area contributed by atoms with Crippen LogP contribution < -0.4 is 5.32 Å². The van der Waals surface area contributed by atoms with Gasteiger partial charge in [0.2, 0.25) is 0 Å². The van der Waals surface area contributed by atoms with Crippen molar-refractivity contribution >= 4 is 6.09 Å². The molecule has 0 spiro atoms. The zero-order chi connectivity index (χ0) is 13.7. The Morgan fingerprint density at radius 3 is 2.16 bits per heavy atom. The summed E-state index contributed by atoms with van der Waals surface area (Å²) in [5, 5.41) is 2.44. The summed E-state index contributed by atoms with van der Waals surface area (Å²) in [7, 11) is 1.55. The van der Waals surface area contributed by atoms with E-state index in [0.717, 1.165) is 11.1 Å². The highest BCUT2D eigenvalue weighted by atomic mass is 16.6. The molecule has 1 atom stereocenters. The van der Waals surface area contributed by atoms with Crippen LogP contribution in [-0.4, -0.2) is 13.1 Å². The SMILES string of the molecule is CNC(=O)OC(C)c1ccc(-c2ccccc2)cc1. The maximum atomic E-state index is 11.2. The van der Waals surface area contributed by atoms with Crippen LogP contribution in [0.15, 0.2) is 54.6 Å². The number of hydrogen-bond donors (Lipinski definition) is 1. The monoisotopic (exact) mass is 255 g/mol. The molecule has 2 aromatic rings. The van der Waals surface area contributed by atoms with E-state index in [-0.39, 0.29) is 6.10 Å². The van der Waals surface area contributed by atoms with Crippen molar-refractivity contribution in [3.63, 3.8) is 0 Å². The molecule has 0 fully saturated rings. The Morgan fingerprint density at radius 2 is 1.58 bits per heavy atom. The Hall–Kier alpha value is -2.29. The number of nitrogens with one attached hydrogen (secondary N) is 1. The van der Waals surface area contributed by atoms with Crippen LogP contribution in [0, 0.1) is 0 Å². The van der Waals surface area contributed by atoms with Gasteiger partial charge in [-0.15, -0.1) is 0 Å². The second-order valence-corrected chi connectivity index (χ2v) is 4.29. The third-order valence-electron chi connectivity index (χ3n) is 2.98. The lowest BCUT2D eigenvalue weighted by atomic mass is 10.0. The minimum atomic E-state index is -0.417. The van der Waals surface area contributed by atoms with Gasteiger partial charge in [0.1, 0.15) is 6.10 Å². The Labute approximate surface area is 113 Å². The van der Waals surface area contributed by atoms with E-state index < -0.39 is 6.09 Å². The Balaban J connectivity index is 2.12. The molecule has 0 saturated heterocycles. The molecular formula is C16H17NO2. The summed E-state index contributed by atoms with van der Waals surface area (Å²) in [5.74, 6) is 0. The zero-order valence-corrected chi connectivity index (χ0v) is 11.1. The van der Waals surface area contributed by atoms with E-state index in [4.69, 9.17) is 4.74 Å². The molecule has 2 rings (SSSR count). The second kappa shape index (κ2) is 6.05. The van der Waals surface area contributed by atoms with Crippen molar-refractivity contribution in [2.75, 3.05) is 7.05 Å². The molecule has 98 valence electrons. The fourth-order valence-corrected chi connectivity index (χ4v) is 1.86. The fourth-order valence-electron chi connectivity index (χ4n) is 1.86. The zero-order valence-electron chi connectivity index (χ0n) is 11.1. The van der Waals surface area contributed by atoms with E-state index in [1.165, 1.54) is 5.56 Å². The molecule has 2 aromatic carbocycles. The van der Waals surface area contributed by atoms with Gasteiger partial charge in [0.05, 0.1) is 0 Å². The first-order valence-electron chi connectivity index (χ1n) is 6.24. The summed E-state index contributed by atoms with van der Waals surface area (Å²) in [4.78, 5) is 11.2. The quantitative estimate of drug-likeness (QED) is 0.906. The molecular weight excluding hydrogens is 238 g/mol. The standard InChI is InChI=1S/C16H17NO2/c1-12(19-16(18)17-2)13-8-10-15(11-9-13)14-6-4-3-5-7-14/h3-12H,1-2H3,(H,17,18). The first-order valence-corrected chi connectivity index (χ1v) is 6.24. The van der Waals surface area contributed by atoms with Crippen LogP contribution in [0.3, 0.4) is 0 Å². The summed E-state index contributed by atoms with van der Waals surface area (Å²) < 4.78 is 5.18. The average molecular weight is 255 g/mol. The summed E-state index contributed by atoms with van der Waals surface area (Å²) in [6, 6.07) is 18.2. The third kappa shape index (κ3) is 3.35. The number of ether oxygens (including phenoxy) is 1. The largest absolute Gasteiger partial charge is 0.442 e. The van der Waals surface area contributed by atoms with Crippen LogP contribution in [-0.2, 0) is 4.74 Å². The summed E-state index contributed by atoms with van der Waals surface area (Å²) >= 11 is 0. The van der Waals surface area contributed by atoms with Crippen molar-refractivity contribution in [2.24, 2.45) is 0 Å². The van der Waals surface area contributed by atoms with Gasteiger partial charge in [0.15, 0.2) is 0 Å². The van der Waals surface area contributed by atoms with Crippen molar-refractivity contribution < 1.29 is 9.53 Å². The minimum Gasteiger partial charge on any atom is -0.442 e.